The van der Waals surface area contributed by atoms with Crippen molar-refractivity contribution in [3.63, 3.8) is 0 Å². The first-order valence-corrected chi connectivity index (χ1v) is 10.3. The van der Waals surface area contributed by atoms with E-state index in [4.69, 9.17) is 11.1 Å². The molecule has 1 aromatic heterocycles. The van der Waals surface area contributed by atoms with Gasteiger partial charge in [-0.15, -0.1) is 0 Å². The van der Waals surface area contributed by atoms with Gasteiger partial charge >= 0.3 is 0 Å². The Balaban J connectivity index is 1.82. The molecule has 1 aliphatic rings. The molecule has 2 heterocycles. The zero-order valence-electron chi connectivity index (χ0n) is 16.7. The Morgan fingerprint density at radius 3 is 2.84 bits per heavy atom. The lowest BCUT2D eigenvalue weighted by molar-refractivity contribution is 0.0949. The number of nitrogens with two attached hydrogens (primary N) is 1. The third-order valence-corrected chi connectivity index (χ3v) is 5.57. The second-order valence-electron chi connectivity index (χ2n) is 6.78. The number of amides is 1. The minimum atomic E-state index is -1.13. The third kappa shape index (κ3) is 5.02. The summed E-state index contributed by atoms with van der Waals surface area (Å²) in [6, 6.07) is 2.43. The van der Waals surface area contributed by atoms with Crippen LogP contribution in [0.2, 0.25) is 0 Å². The molecule has 0 radical (unpaired) electrons. The van der Waals surface area contributed by atoms with E-state index < -0.39 is 29.8 Å². The number of nitrogens with one attached hydrogen (secondary N) is 3. The maximum absolute atomic E-state index is 14.1. The van der Waals surface area contributed by atoms with Crippen LogP contribution in [0, 0.1) is 17.0 Å². The fourth-order valence-electron chi connectivity index (χ4n) is 3.25. The summed E-state index contributed by atoms with van der Waals surface area (Å²) in [6.07, 6.45) is -0.167. The van der Waals surface area contributed by atoms with Crippen LogP contribution in [0.15, 0.2) is 23.2 Å². The van der Waals surface area contributed by atoms with Crippen molar-refractivity contribution in [2.75, 3.05) is 39.0 Å². The van der Waals surface area contributed by atoms with Gasteiger partial charge in [0.25, 0.3) is 5.91 Å². The third-order valence-electron chi connectivity index (χ3n) is 4.67. The molecule has 1 aliphatic heterocycles. The number of nitrogens with zero attached hydrogens (tertiary/aromatic N) is 3. The van der Waals surface area contributed by atoms with Crippen LogP contribution in [0.4, 0.5) is 18.2 Å². The van der Waals surface area contributed by atoms with Gasteiger partial charge in [0.2, 0.25) is 0 Å². The molecule has 1 fully saturated rings. The molecular weight excluding hydrogens is 431 g/mol. The molecule has 3 rings (SSSR count). The second-order valence-corrected chi connectivity index (χ2v) is 7.81. The highest BCUT2D eigenvalue weighted by atomic mass is 32.1. The molecule has 2 unspecified atom stereocenters. The van der Waals surface area contributed by atoms with Gasteiger partial charge in [-0.1, -0.05) is 17.4 Å². The lowest BCUT2D eigenvalue weighted by Gasteiger charge is -2.28. The van der Waals surface area contributed by atoms with Gasteiger partial charge in [0.1, 0.15) is 39.7 Å². The summed E-state index contributed by atoms with van der Waals surface area (Å²) in [5, 5.41) is 13.2. The lowest BCUT2D eigenvalue weighted by atomic mass is 10.2. The van der Waals surface area contributed by atoms with Gasteiger partial charge in [0.05, 0.1) is 12.1 Å². The number of aromatic nitrogens is 1. The summed E-state index contributed by atoms with van der Waals surface area (Å²) in [5.74, 6) is -2.08. The fourth-order valence-corrected chi connectivity index (χ4v) is 4.12. The smallest absolute Gasteiger partial charge is 0.273 e. The number of anilines is 1. The average Bonchev–Trinajstić information content (AvgIpc) is 2.97. The molecule has 5 N–H and O–H groups in total. The maximum atomic E-state index is 14.1. The number of nitrogen functional groups attached to an aromatic ring is 1. The summed E-state index contributed by atoms with van der Waals surface area (Å²) < 4.78 is 42.1. The second kappa shape index (κ2) is 9.88. The van der Waals surface area contributed by atoms with E-state index in [1.54, 1.807) is 4.90 Å². The molecule has 2 atom stereocenters. The normalized spacial score (nSPS) is 18.4. The van der Waals surface area contributed by atoms with E-state index in [1.165, 1.54) is 13.1 Å². The molecule has 166 valence electrons. The van der Waals surface area contributed by atoms with Gasteiger partial charge in [-0.25, -0.2) is 18.2 Å². The summed E-state index contributed by atoms with van der Waals surface area (Å²) in [5.41, 5.74) is 5.29. The summed E-state index contributed by atoms with van der Waals surface area (Å²) in [7, 11) is 1.49. The number of thiazole rings is 1. The number of rotatable bonds is 5. The van der Waals surface area contributed by atoms with Crippen molar-refractivity contribution in [2.24, 2.45) is 4.99 Å². The van der Waals surface area contributed by atoms with E-state index in [1.807, 2.05) is 0 Å². The van der Waals surface area contributed by atoms with Crippen LogP contribution in [-0.2, 0) is 0 Å². The highest BCUT2D eigenvalue weighted by molar-refractivity contribution is 7.19. The van der Waals surface area contributed by atoms with Crippen LogP contribution < -0.4 is 16.4 Å². The summed E-state index contributed by atoms with van der Waals surface area (Å²) in [6.45, 7) is 1.24. The van der Waals surface area contributed by atoms with Crippen LogP contribution in [0.5, 0.6) is 0 Å². The predicted molar refractivity (Wildman–Crippen MR) is 115 cm³/mol. The van der Waals surface area contributed by atoms with Crippen molar-refractivity contribution < 1.29 is 18.0 Å². The van der Waals surface area contributed by atoms with E-state index in [0.29, 0.717) is 18.9 Å². The highest BCUT2D eigenvalue weighted by Crippen LogP contribution is 2.33. The number of benzene rings is 1. The van der Waals surface area contributed by atoms with E-state index in [9.17, 15) is 18.0 Å². The molecule has 0 bridgehead atoms. The Morgan fingerprint density at radius 1 is 1.48 bits per heavy atom. The summed E-state index contributed by atoms with van der Waals surface area (Å²) >= 11 is 0.774. The zero-order chi connectivity index (χ0) is 22.5. The van der Waals surface area contributed by atoms with Gasteiger partial charge in [0.15, 0.2) is 5.69 Å². The van der Waals surface area contributed by atoms with E-state index in [2.05, 4.69) is 20.6 Å². The topological polar surface area (TPSA) is 119 Å². The Bertz CT molecular complexity index is 977. The van der Waals surface area contributed by atoms with E-state index >= 15 is 0 Å². The monoisotopic (exact) mass is 453 g/mol. The predicted octanol–water partition coefficient (Wildman–Crippen LogP) is 1.69. The molecule has 8 nitrogen and oxygen atoms in total. The molecule has 31 heavy (non-hydrogen) atoms. The molecular formula is C19H22F3N7OS. The minimum Gasteiger partial charge on any atom is -0.389 e. The van der Waals surface area contributed by atoms with Crippen molar-refractivity contribution in [3.8, 4) is 10.6 Å². The van der Waals surface area contributed by atoms with Crippen molar-refractivity contribution in [3.05, 3.63) is 35.5 Å². The standard InChI is InChI=1S/C19H22F3N7OS/c1-25-17(29-6-5-26-8-10(20)9-29)13(7-23)27-18(30)15-16(24)31-19(28-15)14-11(21)3-2-4-12(14)22/h2-4,7,10,13,23,26H,5-6,8-9,24H2,1H3,(H,27,30). The van der Waals surface area contributed by atoms with E-state index in [0.717, 1.165) is 29.7 Å². The molecule has 1 amide bonds. The Labute approximate surface area is 180 Å². The molecule has 0 aliphatic carbocycles. The van der Waals surface area contributed by atoms with Gasteiger partial charge in [-0.3, -0.25) is 9.79 Å². The summed E-state index contributed by atoms with van der Waals surface area (Å²) in [4.78, 5) is 22.6. The van der Waals surface area contributed by atoms with E-state index in [-0.39, 0.29) is 34.4 Å². The Kier molecular flexibility index (Phi) is 7.23. The number of hydrogen-bond acceptors (Lipinski definition) is 7. The number of aliphatic imine (C=N–C) groups is 1. The molecule has 2 aromatic rings. The van der Waals surface area contributed by atoms with Gasteiger partial charge in [0, 0.05) is 32.9 Å². The average molecular weight is 453 g/mol. The number of carbonyl (C=O) groups excluding carboxylic acids is 1. The zero-order valence-corrected chi connectivity index (χ0v) is 17.5. The number of carbonyl (C=O) groups is 1. The van der Waals surface area contributed by atoms with Crippen molar-refractivity contribution in [1.29, 1.82) is 5.41 Å². The molecule has 0 saturated carbocycles. The number of amidine groups is 1. The number of halogens is 3. The van der Waals surface area contributed by atoms with Gasteiger partial charge in [-0.2, -0.15) is 0 Å². The van der Waals surface area contributed by atoms with Crippen LogP contribution in [0.3, 0.4) is 0 Å². The largest absolute Gasteiger partial charge is 0.389 e. The maximum Gasteiger partial charge on any atom is 0.273 e. The first-order chi connectivity index (χ1) is 14.8. The molecule has 1 aromatic carbocycles. The Morgan fingerprint density at radius 2 is 2.19 bits per heavy atom. The number of hydrogen-bond donors (Lipinski definition) is 4. The first kappa shape index (κ1) is 22.7. The minimum absolute atomic E-state index is 0.0309. The van der Waals surface area contributed by atoms with Crippen molar-refractivity contribution >= 4 is 34.3 Å². The molecule has 1 saturated heterocycles. The van der Waals surface area contributed by atoms with Crippen LogP contribution in [0.1, 0.15) is 10.5 Å². The van der Waals surface area contributed by atoms with Crippen molar-refractivity contribution in [1.82, 2.24) is 20.5 Å². The SMILES string of the molecule is CN=C(C(C=N)NC(=O)c1nc(-c2c(F)cccc2F)sc1N)N1CCNCC(F)C1. The number of alkyl halides is 1. The van der Waals surface area contributed by atoms with Crippen molar-refractivity contribution in [2.45, 2.75) is 12.2 Å². The van der Waals surface area contributed by atoms with Crippen LogP contribution in [0.25, 0.3) is 10.6 Å². The highest BCUT2D eigenvalue weighted by Gasteiger charge is 2.28. The van der Waals surface area contributed by atoms with Gasteiger partial charge < -0.3 is 26.7 Å². The van der Waals surface area contributed by atoms with Crippen LogP contribution in [-0.4, -0.2) is 73.3 Å². The molecule has 12 heteroatoms. The fraction of sp³-hybridized carbons (Fsp3) is 0.368. The Hall–Kier alpha value is -2.99. The quantitative estimate of drug-likeness (QED) is 0.406. The van der Waals surface area contributed by atoms with Gasteiger partial charge in [-0.05, 0) is 12.1 Å². The molecule has 0 spiro atoms. The lowest BCUT2D eigenvalue weighted by Crippen LogP contribution is -2.51. The first-order valence-electron chi connectivity index (χ1n) is 9.44. The van der Waals surface area contributed by atoms with Crippen LogP contribution >= 0.6 is 11.3 Å².